The zero-order valence-electron chi connectivity index (χ0n) is 13.9. The number of nitrogens with one attached hydrogen (secondary N) is 1. The van der Waals surface area contributed by atoms with Gasteiger partial charge >= 0.3 is 6.03 Å². The Morgan fingerprint density at radius 3 is 3.21 bits per heavy atom. The quantitative estimate of drug-likeness (QED) is 0.788. The summed E-state index contributed by atoms with van der Waals surface area (Å²) in [5, 5.41) is 6.86. The predicted octanol–water partition coefficient (Wildman–Crippen LogP) is 3.03. The van der Waals surface area contributed by atoms with Crippen LogP contribution in [0.4, 0.5) is 4.79 Å². The number of urea groups is 1. The number of hydrogen-bond donors (Lipinski definition) is 1. The van der Waals surface area contributed by atoms with Gasteiger partial charge in [0, 0.05) is 25.8 Å². The molecule has 24 heavy (non-hydrogen) atoms. The molecular weight excluding hydrogens is 310 g/mol. The van der Waals surface area contributed by atoms with Crippen molar-refractivity contribution in [2.45, 2.75) is 38.8 Å². The maximum Gasteiger partial charge on any atom is 0.318 e. The molecule has 3 heterocycles. The molecule has 0 saturated carbocycles. The van der Waals surface area contributed by atoms with Crippen LogP contribution in [0.15, 0.2) is 33.4 Å². The third kappa shape index (κ3) is 4.17. The lowest BCUT2D eigenvalue weighted by molar-refractivity contribution is 0.104. The minimum absolute atomic E-state index is 0.0126. The van der Waals surface area contributed by atoms with Crippen LogP contribution in [-0.4, -0.2) is 35.8 Å². The number of aryl methyl sites for hydroxylation is 1. The molecule has 0 spiro atoms. The van der Waals surface area contributed by atoms with Crippen LogP contribution < -0.4 is 5.32 Å². The fourth-order valence-corrected chi connectivity index (χ4v) is 2.88. The lowest BCUT2D eigenvalue weighted by atomic mass is 10.1. The molecule has 2 amide bonds. The van der Waals surface area contributed by atoms with Crippen molar-refractivity contribution in [3.05, 3.63) is 41.7 Å². The Balaban J connectivity index is 1.36. The summed E-state index contributed by atoms with van der Waals surface area (Å²) in [6.45, 7) is 4.24. The summed E-state index contributed by atoms with van der Waals surface area (Å²) in [6, 6.07) is 5.54. The van der Waals surface area contributed by atoms with E-state index in [9.17, 15) is 4.79 Å². The van der Waals surface area contributed by atoms with E-state index in [0.717, 1.165) is 43.0 Å². The fraction of sp³-hybridized carbons (Fsp3) is 0.529. The highest BCUT2D eigenvalue weighted by Gasteiger charge is 2.32. The van der Waals surface area contributed by atoms with Crippen molar-refractivity contribution >= 4 is 6.03 Å². The highest BCUT2D eigenvalue weighted by atomic mass is 16.5. The first kappa shape index (κ1) is 16.6. The van der Waals surface area contributed by atoms with Gasteiger partial charge in [-0.25, -0.2) is 4.79 Å². The third-order valence-corrected chi connectivity index (χ3v) is 4.05. The topological polar surface area (TPSA) is 80.7 Å². The van der Waals surface area contributed by atoms with Crippen LogP contribution in [0.25, 0.3) is 0 Å². The zero-order valence-corrected chi connectivity index (χ0v) is 13.9. The van der Waals surface area contributed by atoms with Crippen molar-refractivity contribution in [2.24, 2.45) is 0 Å². The van der Waals surface area contributed by atoms with Gasteiger partial charge in [0.2, 0.25) is 0 Å². The molecule has 7 heteroatoms. The average molecular weight is 333 g/mol. The van der Waals surface area contributed by atoms with Crippen LogP contribution in [-0.2, 0) is 11.3 Å². The van der Waals surface area contributed by atoms with Crippen LogP contribution in [0.1, 0.15) is 42.5 Å². The molecule has 0 radical (unpaired) electrons. The van der Waals surface area contributed by atoms with Crippen molar-refractivity contribution in [1.29, 1.82) is 0 Å². The van der Waals surface area contributed by atoms with Gasteiger partial charge in [-0.1, -0.05) is 5.16 Å². The summed E-state index contributed by atoms with van der Waals surface area (Å²) < 4.78 is 16.0. The number of rotatable bonds is 7. The highest BCUT2D eigenvalue weighted by molar-refractivity contribution is 5.74. The van der Waals surface area contributed by atoms with E-state index in [1.54, 1.807) is 6.26 Å². The number of likely N-dealkylation sites (tertiary alicyclic amines) is 1. The maximum absolute atomic E-state index is 12.4. The summed E-state index contributed by atoms with van der Waals surface area (Å²) in [5.41, 5.74) is 0.839. The Bertz CT molecular complexity index is 638. The first-order valence-electron chi connectivity index (χ1n) is 8.32. The Kier molecular flexibility index (Phi) is 5.53. The third-order valence-electron chi connectivity index (χ3n) is 4.05. The Morgan fingerprint density at radius 1 is 1.54 bits per heavy atom. The molecule has 1 aliphatic rings. The molecule has 2 aromatic rings. The Labute approximate surface area is 140 Å². The summed E-state index contributed by atoms with van der Waals surface area (Å²) in [6.07, 6.45) is 4.27. The number of aromatic nitrogens is 1. The molecule has 0 bridgehead atoms. The minimum Gasteiger partial charge on any atom is -0.467 e. The first-order valence-corrected chi connectivity index (χ1v) is 8.32. The number of furan rings is 1. The van der Waals surface area contributed by atoms with Crippen molar-refractivity contribution in [3.63, 3.8) is 0 Å². The van der Waals surface area contributed by atoms with Crippen LogP contribution in [0, 0.1) is 6.92 Å². The Hall–Kier alpha value is -2.28. The normalized spacial score (nSPS) is 17.4. The molecule has 1 atom stereocenters. The van der Waals surface area contributed by atoms with Gasteiger partial charge < -0.3 is 23.9 Å². The van der Waals surface area contributed by atoms with E-state index in [0.29, 0.717) is 19.8 Å². The van der Waals surface area contributed by atoms with Gasteiger partial charge in [-0.05, 0) is 38.3 Å². The second-order valence-corrected chi connectivity index (χ2v) is 5.94. The maximum atomic E-state index is 12.4. The minimum atomic E-state index is -0.0578. The molecule has 0 unspecified atom stereocenters. The molecule has 7 nitrogen and oxygen atoms in total. The molecule has 3 rings (SSSR count). The van der Waals surface area contributed by atoms with Crippen molar-refractivity contribution in [3.8, 4) is 0 Å². The smallest absolute Gasteiger partial charge is 0.318 e. The molecule has 0 aliphatic carbocycles. The number of carbonyl (C=O) groups is 1. The second kappa shape index (κ2) is 8.01. The molecular formula is C17H23N3O4. The second-order valence-electron chi connectivity index (χ2n) is 5.94. The molecule has 2 aromatic heterocycles. The number of hydrogen-bond acceptors (Lipinski definition) is 5. The van der Waals surface area contributed by atoms with Crippen LogP contribution in [0.5, 0.6) is 0 Å². The summed E-state index contributed by atoms with van der Waals surface area (Å²) in [5.74, 6) is 1.57. The largest absolute Gasteiger partial charge is 0.467 e. The number of carbonyl (C=O) groups excluding carboxylic acids is 1. The molecule has 1 fully saturated rings. The van der Waals surface area contributed by atoms with Crippen molar-refractivity contribution in [1.82, 2.24) is 15.4 Å². The monoisotopic (exact) mass is 333 g/mol. The highest BCUT2D eigenvalue weighted by Crippen LogP contribution is 2.32. The van der Waals surface area contributed by atoms with Gasteiger partial charge in [-0.2, -0.15) is 0 Å². The predicted molar refractivity (Wildman–Crippen MR) is 86.3 cm³/mol. The number of ether oxygens (including phenoxy) is 1. The van der Waals surface area contributed by atoms with Gasteiger partial charge in [-0.3, -0.25) is 0 Å². The standard InChI is InChI=1S/C17H23N3O4/c1-13-11-16(24-19-13)15-6-2-8-20(15)17(21)18-7-4-9-22-12-14-5-3-10-23-14/h3,5,10-11,15H,2,4,6-9,12H2,1H3,(H,18,21)/t15-/m0/s1. The SMILES string of the molecule is Cc1cc([C@@H]2CCCN2C(=O)NCCCOCc2ccco2)on1. The van der Waals surface area contributed by atoms with Crippen LogP contribution in [0.2, 0.25) is 0 Å². The van der Waals surface area contributed by atoms with E-state index >= 15 is 0 Å². The van der Waals surface area contributed by atoms with E-state index in [-0.39, 0.29) is 12.1 Å². The molecule has 1 N–H and O–H groups in total. The van der Waals surface area contributed by atoms with E-state index in [2.05, 4.69) is 10.5 Å². The lowest BCUT2D eigenvalue weighted by Gasteiger charge is -2.23. The first-order chi connectivity index (χ1) is 11.7. The number of nitrogens with zero attached hydrogens (tertiary/aromatic N) is 2. The molecule has 130 valence electrons. The van der Waals surface area contributed by atoms with Gasteiger partial charge in [-0.15, -0.1) is 0 Å². The van der Waals surface area contributed by atoms with E-state index in [1.807, 2.05) is 30.0 Å². The zero-order chi connectivity index (χ0) is 16.8. The Morgan fingerprint density at radius 2 is 2.46 bits per heavy atom. The van der Waals surface area contributed by atoms with E-state index < -0.39 is 0 Å². The summed E-state index contributed by atoms with van der Waals surface area (Å²) >= 11 is 0. The van der Waals surface area contributed by atoms with Gasteiger partial charge in [0.1, 0.15) is 12.4 Å². The average Bonchev–Trinajstić information content (AvgIpc) is 3.30. The van der Waals surface area contributed by atoms with Crippen LogP contribution >= 0.6 is 0 Å². The molecule has 0 aromatic carbocycles. The van der Waals surface area contributed by atoms with E-state index in [4.69, 9.17) is 13.7 Å². The van der Waals surface area contributed by atoms with Crippen molar-refractivity contribution < 1.29 is 18.5 Å². The van der Waals surface area contributed by atoms with Gasteiger partial charge in [0.25, 0.3) is 0 Å². The van der Waals surface area contributed by atoms with Crippen LogP contribution in [0.3, 0.4) is 0 Å². The lowest BCUT2D eigenvalue weighted by Crippen LogP contribution is -2.40. The number of amides is 2. The fourth-order valence-electron chi connectivity index (χ4n) is 2.88. The van der Waals surface area contributed by atoms with Crippen molar-refractivity contribution in [2.75, 3.05) is 19.7 Å². The van der Waals surface area contributed by atoms with E-state index in [1.165, 1.54) is 0 Å². The van der Waals surface area contributed by atoms with Gasteiger partial charge in [0.05, 0.1) is 18.0 Å². The summed E-state index contributed by atoms with van der Waals surface area (Å²) in [7, 11) is 0. The summed E-state index contributed by atoms with van der Waals surface area (Å²) in [4.78, 5) is 14.2. The molecule has 1 aliphatic heterocycles. The molecule has 1 saturated heterocycles. The van der Waals surface area contributed by atoms with Gasteiger partial charge in [0.15, 0.2) is 5.76 Å².